The van der Waals surface area contributed by atoms with Gasteiger partial charge in [0.2, 0.25) is 0 Å². The quantitative estimate of drug-likeness (QED) is 0.669. The number of hydrogen-bond donors (Lipinski definition) is 1. The third-order valence-corrected chi connectivity index (χ3v) is 3.34. The van der Waals surface area contributed by atoms with Crippen molar-refractivity contribution in [3.63, 3.8) is 0 Å². The van der Waals surface area contributed by atoms with Crippen LogP contribution in [0.15, 0.2) is 0 Å². The molecule has 18 heavy (non-hydrogen) atoms. The molecule has 2 fully saturated rings. The summed E-state index contributed by atoms with van der Waals surface area (Å²) < 4.78 is 10.2. The number of carbonyl (C=O) groups is 2. The number of nitrogens with zero attached hydrogens (tertiary/aromatic N) is 1. The second-order valence-electron chi connectivity index (χ2n) is 5.21. The van der Waals surface area contributed by atoms with Gasteiger partial charge in [0.1, 0.15) is 6.10 Å². The molecule has 1 saturated carbocycles. The Morgan fingerprint density at radius 2 is 2.00 bits per heavy atom. The van der Waals surface area contributed by atoms with Crippen molar-refractivity contribution in [2.45, 2.75) is 31.9 Å². The van der Waals surface area contributed by atoms with Crippen molar-refractivity contribution in [3.8, 4) is 0 Å². The lowest BCUT2D eigenvalue weighted by atomic mass is 9.90. The van der Waals surface area contributed by atoms with Crippen molar-refractivity contribution >= 4 is 11.9 Å². The predicted molar refractivity (Wildman–Crippen MR) is 63.7 cm³/mol. The molecule has 0 unspecified atom stereocenters. The second-order valence-corrected chi connectivity index (χ2v) is 5.21. The largest absolute Gasteiger partial charge is 0.465 e. The number of hydrogen-bond acceptors (Lipinski definition) is 6. The van der Waals surface area contributed by atoms with Crippen molar-refractivity contribution in [2.75, 3.05) is 26.2 Å². The van der Waals surface area contributed by atoms with Crippen LogP contribution in [-0.2, 0) is 19.1 Å². The van der Waals surface area contributed by atoms with E-state index >= 15 is 0 Å². The van der Waals surface area contributed by atoms with Crippen molar-refractivity contribution in [1.29, 1.82) is 0 Å². The molecule has 0 aromatic heterocycles. The highest BCUT2D eigenvalue weighted by atomic mass is 16.5. The maximum absolute atomic E-state index is 11.5. The van der Waals surface area contributed by atoms with E-state index in [4.69, 9.17) is 15.2 Å². The SMILES string of the molecule is CC(=O)OCC1CN(CC(=O)OC2CC(N)C2)C1. The molecule has 0 amide bonds. The molecule has 2 rings (SSSR count). The number of likely N-dealkylation sites (tertiary alicyclic amines) is 1. The molecule has 102 valence electrons. The van der Waals surface area contributed by atoms with Gasteiger partial charge in [-0.3, -0.25) is 14.5 Å². The lowest BCUT2D eigenvalue weighted by Crippen LogP contribution is -2.52. The Labute approximate surface area is 106 Å². The zero-order chi connectivity index (χ0) is 13.1. The van der Waals surface area contributed by atoms with Gasteiger partial charge in [0, 0.05) is 32.0 Å². The zero-order valence-corrected chi connectivity index (χ0v) is 10.6. The monoisotopic (exact) mass is 256 g/mol. The number of nitrogens with two attached hydrogens (primary N) is 1. The van der Waals surface area contributed by atoms with Gasteiger partial charge in [0.25, 0.3) is 0 Å². The fraction of sp³-hybridized carbons (Fsp3) is 0.833. The molecule has 1 heterocycles. The molecule has 0 aromatic rings. The lowest BCUT2D eigenvalue weighted by Gasteiger charge is -2.39. The third kappa shape index (κ3) is 3.68. The molecule has 0 bridgehead atoms. The van der Waals surface area contributed by atoms with Crippen molar-refractivity contribution in [3.05, 3.63) is 0 Å². The predicted octanol–water partition coefficient (Wildman–Crippen LogP) is -0.486. The summed E-state index contributed by atoms with van der Waals surface area (Å²) >= 11 is 0. The van der Waals surface area contributed by atoms with Gasteiger partial charge in [-0.1, -0.05) is 0 Å². The fourth-order valence-electron chi connectivity index (χ4n) is 2.25. The Bertz CT molecular complexity index is 322. The summed E-state index contributed by atoms with van der Waals surface area (Å²) in [5, 5.41) is 0. The van der Waals surface area contributed by atoms with E-state index in [0.717, 1.165) is 25.9 Å². The van der Waals surface area contributed by atoms with E-state index in [0.29, 0.717) is 19.1 Å². The zero-order valence-electron chi connectivity index (χ0n) is 10.6. The molecule has 1 saturated heterocycles. The maximum Gasteiger partial charge on any atom is 0.320 e. The molecule has 1 aliphatic heterocycles. The molecule has 0 aromatic carbocycles. The summed E-state index contributed by atoms with van der Waals surface area (Å²) in [6.45, 7) is 3.73. The van der Waals surface area contributed by atoms with Crippen LogP contribution >= 0.6 is 0 Å². The number of esters is 2. The summed E-state index contributed by atoms with van der Waals surface area (Å²) in [6, 6.07) is 0.194. The van der Waals surface area contributed by atoms with Crippen LogP contribution in [0.3, 0.4) is 0 Å². The minimum Gasteiger partial charge on any atom is -0.465 e. The van der Waals surface area contributed by atoms with Crippen molar-refractivity contribution in [2.24, 2.45) is 11.7 Å². The molecule has 2 aliphatic rings. The van der Waals surface area contributed by atoms with Gasteiger partial charge < -0.3 is 15.2 Å². The van der Waals surface area contributed by atoms with Gasteiger partial charge >= 0.3 is 11.9 Å². The van der Waals surface area contributed by atoms with E-state index in [1.807, 2.05) is 4.90 Å². The fourth-order valence-corrected chi connectivity index (χ4v) is 2.25. The van der Waals surface area contributed by atoms with Crippen LogP contribution in [0.2, 0.25) is 0 Å². The van der Waals surface area contributed by atoms with Crippen LogP contribution in [0.5, 0.6) is 0 Å². The van der Waals surface area contributed by atoms with Crippen LogP contribution < -0.4 is 5.73 Å². The standard InChI is InChI=1S/C12H20N2O4/c1-8(15)17-7-9-4-14(5-9)6-12(16)18-11-2-10(13)3-11/h9-11H,2-7,13H2,1H3. The molecule has 6 nitrogen and oxygen atoms in total. The van der Waals surface area contributed by atoms with Crippen molar-refractivity contribution in [1.82, 2.24) is 4.90 Å². The van der Waals surface area contributed by atoms with Gasteiger partial charge in [-0.05, 0) is 12.8 Å². The first-order valence-corrected chi connectivity index (χ1v) is 6.33. The van der Waals surface area contributed by atoms with Crippen LogP contribution in [0.4, 0.5) is 0 Å². The average molecular weight is 256 g/mol. The highest BCUT2D eigenvalue weighted by Crippen LogP contribution is 2.22. The molecule has 0 atom stereocenters. The summed E-state index contributed by atoms with van der Waals surface area (Å²) in [7, 11) is 0. The van der Waals surface area contributed by atoms with E-state index in [2.05, 4.69) is 0 Å². The Hall–Kier alpha value is -1.14. The molecule has 0 spiro atoms. The average Bonchev–Trinajstić information content (AvgIpc) is 2.18. The Morgan fingerprint density at radius 3 is 2.56 bits per heavy atom. The van der Waals surface area contributed by atoms with E-state index in [1.165, 1.54) is 6.92 Å². The normalized spacial score (nSPS) is 28.1. The van der Waals surface area contributed by atoms with Gasteiger partial charge in [-0.2, -0.15) is 0 Å². The number of ether oxygens (including phenoxy) is 2. The molecular formula is C12H20N2O4. The first kappa shape index (κ1) is 13.3. The molecule has 0 radical (unpaired) electrons. The highest BCUT2D eigenvalue weighted by molar-refractivity contribution is 5.72. The molecule has 1 aliphatic carbocycles. The van der Waals surface area contributed by atoms with Gasteiger partial charge in [0.15, 0.2) is 0 Å². The highest BCUT2D eigenvalue weighted by Gasteiger charge is 2.32. The van der Waals surface area contributed by atoms with Crippen molar-refractivity contribution < 1.29 is 19.1 Å². The Balaban J connectivity index is 1.53. The first-order valence-electron chi connectivity index (χ1n) is 6.33. The van der Waals surface area contributed by atoms with Gasteiger partial charge in [-0.15, -0.1) is 0 Å². The third-order valence-electron chi connectivity index (χ3n) is 3.34. The van der Waals surface area contributed by atoms with Gasteiger partial charge in [-0.25, -0.2) is 0 Å². The molecule has 6 heteroatoms. The molecule has 2 N–H and O–H groups in total. The Morgan fingerprint density at radius 1 is 1.33 bits per heavy atom. The van der Waals surface area contributed by atoms with E-state index in [9.17, 15) is 9.59 Å². The summed E-state index contributed by atoms with van der Waals surface area (Å²) in [4.78, 5) is 24.1. The minimum atomic E-state index is -0.255. The van der Waals surface area contributed by atoms with E-state index in [-0.39, 0.29) is 24.1 Å². The second kappa shape index (κ2) is 5.67. The lowest BCUT2D eigenvalue weighted by molar-refractivity contribution is -0.158. The van der Waals surface area contributed by atoms with E-state index < -0.39 is 0 Å². The van der Waals surface area contributed by atoms with Crippen LogP contribution in [0, 0.1) is 5.92 Å². The summed E-state index contributed by atoms with van der Waals surface area (Å²) in [5.41, 5.74) is 5.62. The first-order chi connectivity index (χ1) is 8.52. The smallest absolute Gasteiger partial charge is 0.320 e. The topological polar surface area (TPSA) is 81.9 Å². The number of rotatable bonds is 5. The summed E-state index contributed by atoms with van der Waals surface area (Å²) in [5.74, 6) is -0.0918. The van der Waals surface area contributed by atoms with Crippen LogP contribution in [0.25, 0.3) is 0 Å². The maximum atomic E-state index is 11.5. The molecular weight excluding hydrogens is 236 g/mol. The minimum absolute atomic E-state index is 0.0191. The summed E-state index contributed by atoms with van der Waals surface area (Å²) in [6.07, 6.45) is 1.58. The van der Waals surface area contributed by atoms with Gasteiger partial charge in [0.05, 0.1) is 13.2 Å². The Kier molecular flexibility index (Phi) is 4.19. The number of carbonyl (C=O) groups excluding carboxylic acids is 2. The van der Waals surface area contributed by atoms with Crippen LogP contribution in [-0.4, -0.2) is 55.2 Å². The van der Waals surface area contributed by atoms with E-state index in [1.54, 1.807) is 0 Å². The van der Waals surface area contributed by atoms with Crippen LogP contribution in [0.1, 0.15) is 19.8 Å².